The summed E-state index contributed by atoms with van der Waals surface area (Å²) in [6.45, 7) is 5.51. The van der Waals surface area contributed by atoms with Gasteiger partial charge in [0.2, 0.25) is 0 Å². The summed E-state index contributed by atoms with van der Waals surface area (Å²) in [5.74, 6) is 0.272. The van der Waals surface area contributed by atoms with E-state index in [9.17, 15) is 4.79 Å². The fourth-order valence-electron chi connectivity index (χ4n) is 4.18. The Kier molecular flexibility index (Phi) is 5.98. The van der Waals surface area contributed by atoms with E-state index in [1.54, 1.807) is 0 Å². The number of rotatable bonds is 6. The standard InChI is InChI=1S/C25H28N4O/c1-18-24(19(2)29(28-18)17-21-11-7-4-8-12-21)22-13-14-23(15-22)27-25(30)26-16-20-9-5-3-6-10-20/h3-14,22-23H,15-17H2,1-2H3,(H2,26,27,30)/t22-,23+/m0/s1. The SMILES string of the molecule is Cc1nn(Cc2ccccc2)c(C)c1[C@H]1C=C[C@@H](NC(=O)NCc2ccccc2)C1. The first-order valence-corrected chi connectivity index (χ1v) is 10.4. The van der Waals surface area contributed by atoms with E-state index in [2.05, 4.69) is 65.6 Å². The van der Waals surface area contributed by atoms with Gasteiger partial charge in [-0.05, 0) is 31.4 Å². The number of hydrogen-bond acceptors (Lipinski definition) is 2. The molecule has 3 aromatic rings. The number of amides is 2. The van der Waals surface area contributed by atoms with Crippen LogP contribution in [0.5, 0.6) is 0 Å². The quantitative estimate of drug-likeness (QED) is 0.600. The van der Waals surface area contributed by atoms with E-state index in [1.807, 2.05) is 36.4 Å². The van der Waals surface area contributed by atoms with Gasteiger partial charge < -0.3 is 10.6 Å². The molecule has 2 atom stereocenters. The third kappa shape index (κ3) is 4.62. The largest absolute Gasteiger partial charge is 0.334 e. The van der Waals surface area contributed by atoms with Crippen molar-refractivity contribution in [2.75, 3.05) is 0 Å². The second kappa shape index (κ2) is 8.99. The molecule has 2 amide bonds. The van der Waals surface area contributed by atoms with E-state index in [0.29, 0.717) is 6.54 Å². The molecule has 1 heterocycles. The highest BCUT2D eigenvalue weighted by Gasteiger charge is 2.26. The molecule has 1 aliphatic rings. The van der Waals surface area contributed by atoms with E-state index in [4.69, 9.17) is 5.10 Å². The van der Waals surface area contributed by atoms with Crippen LogP contribution in [0, 0.1) is 13.8 Å². The van der Waals surface area contributed by atoms with Crippen molar-refractivity contribution in [1.82, 2.24) is 20.4 Å². The van der Waals surface area contributed by atoms with E-state index in [-0.39, 0.29) is 18.0 Å². The molecule has 0 spiro atoms. The van der Waals surface area contributed by atoms with Gasteiger partial charge in [0.05, 0.1) is 12.2 Å². The summed E-state index contributed by atoms with van der Waals surface area (Å²) >= 11 is 0. The predicted molar refractivity (Wildman–Crippen MR) is 119 cm³/mol. The molecule has 2 aromatic carbocycles. The number of allylic oxidation sites excluding steroid dienone is 1. The summed E-state index contributed by atoms with van der Waals surface area (Å²) in [6, 6.07) is 20.2. The molecule has 0 aliphatic heterocycles. The first-order valence-electron chi connectivity index (χ1n) is 10.4. The lowest BCUT2D eigenvalue weighted by molar-refractivity contribution is 0.238. The molecule has 0 fully saturated rings. The number of nitrogens with zero attached hydrogens (tertiary/aromatic N) is 2. The number of aryl methyl sites for hydroxylation is 1. The summed E-state index contributed by atoms with van der Waals surface area (Å²) in [5, 5.41) is 10.8. The Labute approximate surface area is 177 Å². The van der Waals surface area contributed by atoms with Crippen LogP contribution in [0.4, 0.5) is 4.79 Å². The van der Waals surface area contributed by atoms with Crippen LogP contribution in [0.2, 0.25) is 0 Å². The summed E-state index contributed by atoms with van der Waals surface area (Å²) in [7, 11) is 0. The normalized spacial score (nSPS) is 17.8. The minimum atomic E-state index is -0.137. The van der Waals surface area contributed by atoms with Crippen molar-refractivity contribution in [3.05, 3.63) is 101 Å². The van der Waals surface area contributed by atoms with Crippen molar-refractivity contribution in [2.24, 2.45) is 0 Å². The van der Waals surface area contributed by atoms with Crippen LogP contribution in [-0.4, -0.2) is 21.9 Å². The zero-order chi connectivity index (χ0) is 20.9. The lowest BCUT2D eigenvalue weighted by Gasteiger charge is -2.15. The van der Waals surface area contributed by atoms with E-state index in [0.717, 1.165) is 24.2 Å². The smallest absolute Gasteiger partial charge is 0.315 e. The minimum Gasteiger partial charge on any atom is -0.334 e. The third-order valence-corrected chi connectivity index (χ3v) is 5.68. The maximum absolute atomic E-state index is 12.3. The zero-order valence-corrected chi connectivity index (χ0v) is 17.5. The van der Waals surface area contributed by atoms with Gasteiger partial charge in [0.25, 0.3) is 0 Å². The van der Waals surface area contributed by atoms with Crippen LogP contribution in [0.3, 0.4) is 0 Å². The Morgan fingerprint density at radius 2 is 1.67 bits per heavy atom. The highest BCUT2D eigenvalue weighted by molar-refractivity contribution is 5.74. The van der Waals surface area contributed by atoms with Crippen LogP contribution in [0.1, 0.15) is 40.4 Å². The molecule has 1 aliphatic carbocycles. The van der Waals surface area contributed by atoms with E-state index >= 15 is 0 Å². The van der Waals surface area contributed by atoms with Crippen molar-refractivity contribution >= 4 is 6.03 Å². The number of hydrogen-bond donors (Lipinski definition) is 2. The second-order valence-corrected chi connectivity index (χ2v) is 7.87. The summed E-state index contributed by atoms with van der Waals surface area (Å²) < 4.78 is 2.08. The summed E-state index contributed by atoms with van der Waals surface area (Å²) in [4.78, 5) is 12.3. The third-order valence-electron chi connectivity index (χ3n) is 5.68. The summed E-state index contributed by atoms with van der Waals surface area (Å²) in [6.07, 6.45) is 5.16. The van der Waals surface area contributed by atoms with Crippen LogP contribution in [0.25, 0.3) is 0 Å². The van der Waals surface area contributed by atoms with Gasteiger partial charge in [-0.25, -0.2) is 4.79 Å². The molecule has 0 bridgehead atoms. The number of carbonyl (C=O) groups is 1. The van der Waals surface area contributed by atoms with E-state index in [1.165, 1.54) is 16.8 Å². The van der Waals surface area contributed by atoms with Gasteiger partial charge in [-0.15, -0.1) is 0 Å². The average Bonchev–Trinajstić information content (AvgIpc) is 3.31. The number of aromatic nitrogens is 2. The molecule has 2 N–H and O–H groups in total. The maximum Gasteiger partial charge on any atom is 0.315 e. The number of urea groups is 1. The van der Waals surface area contributed by atoms with Crippen molar-refractivity contribution in [3.63, 3.8) is 0 Å². The fourth-order valence-corrected chi connectivity index (χ4v) is 4.18. The first kappa shape index (κ1) is 20.0. The molecular formula is C25H28N4O. The van der Waals surface area contributed by atoms with Crippen molar-refractivity contribution in [3.8, 4) is 0 Å². The van der Waals surface area contributed by atoms with Crippen molar-refractivity contribution in [1.29, 1.82) is 0 Å². The maximum atomic E-state index is 12.3. The number of nitrogens with one attached hydrogen (secondary N) is 2. The van der Waals surface area contributed by atoms with Crippen LogP contribution in [-0.2, 0) is 13.1 Å². The molecule has 1 aromatic heterocycles. The monoisotopic (exact) mass is 400 g/mol. The van der Waals surface area contributed by atoms with Crippen LogP contribution >= 0.6 is 0 Å². The predicted octanol–water partition coefficient (Wildman–Crippen LogP) is 4.46. The van der Waals surface area contributed by atoms with Gasteiger partial charge in [-0.1, -0.05) is 72.8 Å². The molecule has 0 radical (unpaired) electrons. The van der Waals surface area contributed by atoms with Gasteiger partial charge >= 0.3 is 6.03 Å². The molecule has 30 heavy (non-hydrogen) atoms. The Morgan fingerprint density at radius 1 is 1.00 bits per heavy atom. The number of benzene rings is 2. The molecular weight excluding hydrogens is 372 g/mol. The van der Waals surface area contributed by atoms with Gasteiger partial charge in [0, 0.05) is 29.8 Å². The molecule has 5 nitrogen and oxygen atoms in total. The zero-order valence-electron chi connectivity index (χ0n) is 17.5. The van der Waals surface area contributed by atoms with Crippen molar-refractivity contribution < 1.29 is 4.79 Å². The summed E-state index contributed by atoms with van der Waals surface area (Å²) in [5.41, 5.74) is 5.86. The van der Waals surface area contributed by atoms with Gasteiger partial charge in [0.15, 0.2) is 0 Å². The van der Waals surface area contributed by atoms with Gasteiger partial charge in [-0.2, -0.15) is 5.10 Å². The Morgan fingerprint density at radius 3 is 2.37 bits per heavy atom. The first-order chi connectivity index (χ1) is 14.6. The minimum absolute atomic E-state index is 0.0297. The number of carbonyl (C=O) groups excluding carboxylic acids is 1. The Balaban J connectivity index is 1.35. The van der Waals surface area contributed by atoms with Gasteiger partial charge in [-0.3, -0.25) is 4.68 Å². The van der Waals surface area contributed by atoms with Crippen molar-refractivity contribution in [2.45, 2.75) is 45.3 Å². The van der Waals surface area contributed by atoms with Crippen LogP contribution in [0.15, 0.2) is 72.8 Å². The van der Waals surface area contributed by atoms with Gasteiger partial charge in [0.1, 0.15) is 0 Å². The molecule has 0 saturated heterocycles. The molecule has 4 rings (SSSR count). The molecule has 0 unspecified atom stereocenters. The lowest BCUT2D eigenvalue weighted by atomic mass is 9.96. The highest BCUT2D eigenvalue weighted by atomic mass is 16.2. The van der Waals surface area contributed by atoms with E-state index < -0.39 is 0 Å². The Bertz CT molecular complexity index is 1020. The Hall–Kier alpha value is -3.34. The second-order valence-electron chi connectivity index (χ2n) is 7.87. The fraction of sp³-hybridized carbons (Fsp3) is 0.280. The van der Waals surface area contributed by atoms with Crippen LogP contribution < -0.4 is 10.6 Å². The molecule has 0 saturated carbocycles. The lowest BCUT2D eigenvalue weighted by Crippen LogP contribution is -2.40. The topological polar surface area (TPSA) is 59.0 Å². The highest BCUT2D eigenvalue weighted by Crippen LogP contribution is 2.33. The molecule has 154 valence electrons. The average molecular weight is 401 g/mol. The molecule has 5 heteroatoms.